The molecule has 0 saturated carbocycles. The summed E-state index contributed by atoms with van der Waals surface area (Å²) >= 11 is 1.24. The molecular weight excluding hydrogens is 388 g/mol. The minimum atomic E-state index is -1.01. The van der Waals surface area contributed by atoms with Gasteiger partial charge in [0.1, 0.15) is 5.92 Å². The average Bonchev–Trinajstić information content (AvgIpc) is 3.17. The fraction of sp³-hybridized carbons (Fsp3) is 0.450. The zero-order chi connectivity index (χ0) is 20.8. The first-order chi connectivity index (χ1) is 14.0. The standard InChI is InChI=1S/C20H24N6O2S/c1-3-15-5-4-6-16(11-15)26-19(25-7-9-28-10-8-25)23-24-20(26)29-13-18(27)17(12-21)14(2)22/h4-6,11,17,22H,3,7-10,13H2,1-2H3/t17-/m0/s1. The molecule has 152 valence electrons. The lowest BCUT2D eigenvalue weighted by Crippen LogP contribution is -2.37. The molecule has 1 N–H and O–H groups in total. The Morgan fingerprint density at radius 1 is 1.38 bits per heavy atom. The number of Topliss-reactive ketones (excluding diaryl/α,β-unsaturated/α-hetero) is 1. The summed E-state index contributed by atoms with van der Waals surface area (Å²) in [5.74, 6) is -0.532. The van der Waals surface area contributed by atoms with Gasteiger partial charge in [-0.15, -0.1) is 10.2 Å². The van der Waals surface area contributed by atoms with Crippen molar-refractivity contribution in [3.05, 3.63) is 29.8 Å². The van der Waals surface area contributed by atoms with E-state index in [1.54, 1.807) is 0 Å². The molecular formula is C20H24N6O2S. The van der Waals surface area contributed by atoms with Crippen molar-refractivity contribution < 1.29 is 9.53 Å². The first-order valence-electron chi connectivity index (χ1n) is 9.52. The molecule has 1 aliphatic heterocycles. The van der Waals surface area contributed by atoms with Crippen LogP contribution in [0.5, 0.6) is 0 Å². The quantitative estimate of drug-likeness (QED) is 0.524. The van der Waals surface area contributed by atoms with Gasteiger partial charge in [-0.3, -0.25) is 9.36 Å². The predicted molar refractivity (Wildman–Crippen MR) is 112 cm³/mol. The maximum absolute atomic E-state index is 12.4. The van der Waals surface area contributed by atoms with E-state index in [4.69, 9.17) is 15.4 Å². The first kappa shape index (κ1) is 21.0. The second-order valence-corrected chi connectivity index (χ2v) is 7.68. The first-order valence-corrected chi connectivity index (χ1v) is 10.5. The molecule has 1 aliphatic rings. The number of rotatable bonds is 8. The number of anilines is 1. The van der Waals surface area contributed by atoms with Crippen LogP contribution in [0.2, 0.25) is 0 Å². The molecule has 2 aromatic rings. The molecule has 0 bridgehead atoms. The van der Waals surface area contributed by atoms with E-state index in [1.807, 2.05) is 22.8 Å². The van der Waals surface area contributed by atoms with E-state index in [0.29, 0.717) is 18.4 Å². The highest BCUT2D eigenvalue weighted by atomic mass is 32.2. The Balaban J connectivity index is 1.92. The van der Waals surface area contributed by atoms with Gasteiger partial charge in [0.25, 0.3) is 0 Å². The number of morpholine rings is 1. The molecule has 0 amide bonds. The molecule has 0 unspecified atom stereocenters. The topological polar surface area (TPSA) is 108 Å². The van der Waals surface area contributed by atoms with Crippen LogP contribution >= 0.6 is 11.8 Å². The lowest BCUT2D eigenvalue weighted by molar-refractivity contribution is -0.117. The van der Waals surface area contributed by atoms with Crippen LogP contribution in [0.15, 0.2) is 29.4 Å². The summed E-state index contributed by atoms with van der Waals surface area (Å²) in [6.07, 6.45) is 0.909. The third kappa shape index (κ3) is 4.83. The molecule has 2 heterocycles. The summed E-state index contributed by atoms with van der Waals surface area (Å²) < 4.78 is 7.41. The summed E-state index contributed by atoms with van der Waals surface area (Å²) in [5.41, 5.74) is 2.19. The van der Waals surface area contributed by atoms with Gasteiger partial charge in [-0.05, 0) is 31.0 Å². The highest BCUT2D eigenvalue weighted by molar-refractivity contribution is 7.99. The third-order valence-electron chi connectivity index (χ3n) is 4.71. The van der Waals surface area contributed by atoms with Gasteiger partial charge in [-0.2, -0.15) is 5.26 Å². The zero-order valence-electron chi connectivity index (χ0n) is 16.6. The van der Waals surface area contributed by atoms with Crippen molar-refractivity contribution in [2.45, 2.75) is 25.4 Å². The number of carbonyl (C=O) groups excluding carboxylic acids is 1. The maximum Gasteiger partial charge on any atom is 0.232 e. The molecule has 0 aliphatic carbocycles. The van der Waals surface area contributed by atoms with Gasteiger partial charge in [0.15, 0.2) is 10.9 Å². The summed E-state index contributed by atoms with van der Waals surface area (Å²) in [7, 11) is 0. The van der Waals surface area contributed by atoms with Crippen molar-refractivity contribution in [3.8, 4) is 11.8 Å². The molecule has 0 spiro atoms. The maximum atomic E-state index is 12.4. The second kappa shape index (κ2) is 9.67. The fourth-order valence-corrected chi connectivity index (χ4v) is 3.95. The predicted octanol–water partition coefficient (Wildman–Crippen LogP) is 2.51. The van der Waals surface area contributed by atoms with Crippen molar-refractivity contribution in [2.24, 2.45) is 5.92 Å². The number of aryl methyl sites for hydroxylation is 1. The van der Waals surface area contributed by atoms with Crippen LogP contribution in [0, 0.1) is 22.7 Å². The molecule has 0 radical (unpaired) electrons. The number of nitrogens with zero attached hydrogens (tertiary/aromatic N) is 5. The lowest BCUT2D eigenvalue weighted by atomic mass is 10.0. The van der Waals surface area contributed by atoms with Crippen LogP contribution < -0.4 is 4.90 Å². The number of carbonyl (C=O) groups is 1. The SMILES string of the molecule is CCc1cccc(-n2c(SCC(=O)[C@@H](C#N)C(C)=N)nnc2N2CCOCC2)c1. The Morgan fingerprint density at radius 3 is 2.79 bits per heavy atom. The summed E-state index contributed by atoms with van der Waals surface area (Å²) in [6.45, 7) is 6.28. The van der Waals surface area contributed by atoms with Crippen LogP contribution in [0.25, 0.3) is 5.69 Å². The monoisotopic (exact) mass is 412 g/mol. The molecule has 3 rings (SSSR count). The van der Waals surface area contributed by atoms with Gasteiger partial charge >= 0.3 is 0 Å². The van der Waals surface area contributed by atoms with E-state index in [0.717, 1.165) is 31.1 Å². The number of nitriles is 1. The zero-order valence-corrected chi connectivity index (χ0v) is 17.4. The van der Waals surface area contributed by atoms with E-state index in [9.17, 15) is 4.79 Å². The van der Waals surface area contributed by atoms with Gasteiger partial charge in [-0.1, -0.05) is 30.8 Å². The van der Waals surface area contributed by atoms with Crippen LogP contribution in [-0.4, -0.2) is 58.3 Å². The van der Waals surface area contributed by atoms with E-state index in [1.165, 1.54) is 24.2 Å². The number of hydrogen-bond acceptors (Lipinski definition) is 8. The largest absolute Gasteiger partial charge is 0.378 e. The fourth-order valence-electron chi connectivity index (χ4n) is 3.09. The van der Waals surface area contributed by atoms with Crippen molar-refractivity contribution >= 4 is 29.2 Å². The Bertz CT molecular complexity index is 929. The Hall–Kier alpha value is -2.70. The number of aromatic nitrogens is 3. The normalized spacial score (nSPS) is 15.0. The summed E-state index contributed by atoms with van der Waals surface area (Å²) in [4.78, 5) is 14.5. The van der Waals surface area contributed by atoms with Crippen LogP contribution in [0.3, 0.4) is 0 Å². The number of benzene rings is 1. The van der Waals surface area contributed by atoms with Crippen molar-refractivity contribution in [1.82, 2.24) is 14.8 Å². The molecule has 29 heavy (non-hydrogen) atoms. The van der Waals surface area contributed by atoms with E-state index in [-0.39, 0.29) is 17.2 Å². The van der Waals surface area contributed by atoms with Crippen LogP contribution in [-0.2, 0) is 16.0 Å². The van der Waals surface area contributed by atoms with Crippen LogP contribution in [0.1, 0.15) is 19.4 Å². The molecule has 1 aromatic carbocycles. The van der Waals surface area contributed by atoms with E-state index < -0.39 is 5.92 Å². The van der Waals surface area contributed by atoms with E-state index >= 15 is 0 Å². The molecule has 1 aromatic heterocycles. The number of ether oxygens (including phenoxy) is 1. The summed E-state index contributed by atoms with van der Waals surface area (Å²) in [5, 5.41) is 26.1. The highest BCUT2D eigenvalue weighted by Gasteiger charge is 2.25. The average molecular weight is 413 g/mol. The van der Waals surface area contributed by atoms with E-state index in [2.05, 4.69) is 34.2 Å². The van der Waals surface area contributed by atoms with Gasteiger partial charge in [0.05, 0.1) is 30.7 Å². The molecule has 1 fully saturated rings. The van der Waals surface area contributed by atoms with Gasteiger partial charge in [0, 0.05) is 18.8 Å². The number of nitrogens with one attached hydrogen (secondary N) is 1. The summed E-state index contributed by atoms with van der Waals surface area (Å²) in [6, 6.07) is 10.1. The second-order valence-electron chi connectivity index (χ2n) is 6.74. The number of thioether (sulfide) groups is 1. The third-order valence-corrected chi connectivity index (χ3v) is 5.67. The van der Waals surface area contributed by atoms with Gasteiger partial charge in [0.2, 0.25) is 5.95 Å². The van der Waals surface area contributed by atoms with Crippen LogP contribution in [0.4, 0.5) is 5.95 Å². The lowest BCUT2D eigenvalue weighted by Gasteiger charge is -2.28. The smallest absolute Gasteiger partial charge is 0.232 e. The molecule has 1 saturated heterocycles. The van der Waals surface area contributed by atoms with Crippen molar-refractivity contribution in [1.29, 1.82) is 10.7 Å². The minimum Gasteiger partial charge on any atom is -0.378 e. The van der Waals surface area contributed by atoms with Crippen molar-refractivity contribution in [2.75, 3.05) is 37.0 Å². The highest BCUT2D eigenvalue weighted by Crippen LogP contribution is 2.28. The Kier molecular flexibility index (Phi) is 7.01. The molecule has 1 atom stereocenters. The Morgan fingerprint density at radius 2 is 2.14 bits per heavy atom. The molecule has 8 nitrogen and oxygen atoms in total. The number of ketones is 1. The van der Waals surface area contributed by atoms with Gasteiger partial charge < -0.3 is 15.0 Å². The number of hydrogen-bond donors (Lipinski definition) is 1. The minimum absolute atomic E-state index is 0.0587. The van der Waals surface area contributed by atoms with Crippen molar-refractivity contribution in [3.63, 3.8) is 0 Å². The van der Waals surface area contributed by atoms with Gasteiger partial charge in [-0.25, -0.2) is 0 Å². The Labute approximate surface area is 174 Å². The molecule has 9 heteroatoms.